The molecule has 0 heterocycles. The highest BCUT2D eigenvalue weighted by Gasteiger charge is 2.91. The number of hydrogen-bond donors (Lipinski definition) is 0. The van der Waals surface area contributed by atoms with Crippen LogP contribution in [0.2, 0.25) is 0 Å². The maximum Gasteiger partial charge on any atom is 0.460 e. The SMILES string of the molecule is O=C(Br)C(F)(F)C(F)(F)C(F)(F)C(F)(F)C(F)(F)C(F)(F)F. The molecule has 0 unspecified atom stereocenters. The van der Waals surface area contributed by atoms with Crippen LogP contribution in [0.4, 0.5) is 57.1 Å². The summed E-state index contributed by atoms with van der Waals surface area (Å²) >= 11 is 1.02. The lowest BCUT2D eigenvalue weighted by Gasteiger charge is -2.38. The van der Waals surface area contributed by atoms with Crippen LogP contribution >= 0.6 is 15.9 Å². The van der Waals surface area contributed by atoms with Gasteiger partial charge in [0.05, 0.1) is 0 Å². The molecule has 0 fully saturated rings. The van der Waals surface area contributed by atoms with Crippen molar-refractivity contribution in [1.29, 1.82) is 0 Å². The van der Waals surface area contributed by atoms with Crippen molar-refractivity contribution in [2.24, 2.45) is 0 Å². The second-order valence-electron chi connectivity index (χ2n) is 3.64. The molecule has 0 saturated carbocycles. The fourth-order valence-corrected chi connectivity index (χ4v) is 1.14. The average molecular weight is 427 g/mol. The minimum Gasteiger partial charge on any atom is -0.280 e. The molecule has 132 valence electrons. The lowest BCUT2D eigenvalue weighted by atomic mass is 9.94. The molecule has 0 radical (unpaired) electrons. The summed E-state index contributed by atoms with van der Waals surface area (Å²) in [6.07, 6.45) is -7.47. The van der Waals surface area contributed by atoms with Crippen molar-refractivity contribution in [2.75, 3.05) is 0 Å². The third-order valence-corrected chi connectivity index (χ3v) is 2.68. The predicted octanol–water partition coefficient (Wildman–Crippen LogP) is 4.65. The molecule has 0 atom stereocenters. The Morgan fingerprint density at radius 2 is 0.818 bits per heavy atom. The van der Waals surface area contributed by atoms with E-state index in [4.69, 9.17) is 0 Å². The largest absolute Gasteiger partial charge is 0.460 e. The summed E-state index contributed by atoms with van der Waals surface area (Å²) in [6, 6.07) is 0. The molecule has 0 aliphatic heterocycles. The molecule has 0 saturated heterocycles. The van der Waals surface area contributed by atoms with Crippen molar-refractivity contribution in [1.82, 2.24) is 0 Å². The molecule has 15 heteroatoms. The van der Waals surface area contributed by atoms with Gasteiger partial charge in [-0.05, 0) is 15.9 Å². The van der Waals surface area contributed by atoms with Crippen LogP contribution < -0.4 is 0 Å². The van der Waals surface area contributed by atoms with Gasteiger partial charge < -0.3 is 0 Å². The molecular formula is C7BrF13O. The third-order valence-electron chi connectivity index (χ3n) is 2.18. The zero-order chi connectivity index (χ0) is 18.6. The Hall–Kier alpha value is -0.760. The van der Waals surface area contributed by atoms with Gasteiger partial charge in [0.1, 0.15) is 0 Å². The maximum absolute atomic E-state index is 12.7. The van der Waals surface area contributed by atoms with Gasteiger partial charge in [-0.15, -0.1) is 0 Å². The first kappa shape index (κ1) is 21.2. The van der Waals surface area contributed by atoms with Crippen LogP contribution in [0.15, 0.2) is 0 Å². The summed E-state index contributed by atoms with van der Waals surface area (Å²) in [5.74, 6) is -38.0. The number of alkyl halides is 13. The number of halogens is 14. The van der Waals surface area contributed by atoms with Crippen LogP contribution in [0.5, 0.6) is 0 Å². The topological polar surface area (TPSA) is 17.1 Å². The second-order valence-corrected chi connectivity index (χ2v) is 4.36. The number of carbonyl (C=O) groups is 1. The molecule has 1 nitrogen and oxygen atoms in total. The van der Waals surface area contributed by atoms with Gasteiger partial charge in [-0.3, -0.25) is 4.79 Å². The normalized spacial score (nSPS) is 15.9. The maximum atomic E-state index is 12.7. The molecule has 22 heavy (non-hydrogen) atoms. The molecule has 0 aliphatic rings. The van der Waals surface area contributed by atoms with E-state index in [9.17, 15) is 61.9 Å². The minimum atomic E-state index is -7.99. The van der Waals surface area contributed by atoms with E-state index < -0.39 is 40.5 Å². The van der Waals surface area contributed by atoms with Gasteiger partial charge in [0.25, 0.3) is 4.69 Å². The Morgan fingerprint density at radius 1 is 0.545 bits per heavy atom. The van der Waals surface area contributed by atoms with Crippen molar-refractivity contribution in [3.8, 4) is 0 Å². The first-order valence-corrected chi connectivity index (χ1v) is 5.14. The quantitative estimate of drug-likeness (QED) is 0.462. The van der Waals surface area contributed by atoms with E-state index in [1.807, 2.05) is 0 Å². The molecule has 0 spiro atoms. The van der Waals surface area contributed by atoms with E-state index >= 15 is 0 Å². The molecule has 0 aromatic carbocycles. The molecule has 0 rings (SSSR count). The van der Waals surface area contributed by atoms with Gasteiger partial charge >= 0.3 is 35.8 Å². The van der Waals surface area contributed by atoms with Gasteiger partial charge in [0.2, 0.25) is 0 Å². The monoisotopic (exact) mass is 426 g/mol. The molecule has 0 aromatic heterocycles. The Morgan fingerprint density at radius 3 is 1.05 bits per heavy atom. The first-order chi connectivity index (χ1) is 9.19. The van der Waals surface area contributed by atoms with Crippen molar-refractivity contribution >= 4 is 20.6 Å². The van der Waals surface area contributed by atoms with Crippen LogP contribution in [0.25, 0.3) is 0 Å². The van der Waals surface area contributed by atoms with Crippen LogP contribution in [0.3, 0.4) is 0 Å². The lowest BCUT2D eigenvalue weighted by molar-refractivity contribution is -0.435. The van der Waals surface area contributed by atoms with E-state index in [1.54, 1.807) is 0 Å². The van der Waals surface area contributed by atoms with Crippen LogP contribution in [0, 0.1) is 0 Å². The van der Waals surface area contributed by atoms with E-state index in [2.05, 4.69) is 0 Å². The molecule has 0 amide bonds. The fraction of sp³-hybridized carbons (Fsp3) is 0.857. The van der Waals surface area contributed by atoms with Gasteiger partial charge in [-0.1, -0.05) is 0 Å². The fourth-order valence-electron chi connectivity index (χ4n) is 0.893. The number of rotatable bonds is 5. The Kier molecular flexibility index (Phi) is 4.95. The van der Waals surface area contributed by atoms with E-state index in [0.717, 1.165) is 15.9 Å². The van der Waals surface area contributed by atoms with Crippen molar-refractivity contribution in [3.63, 3.8) is 0 Å². The van der Waals surface area contributed by atoms with Gasteiger partial charge in [0, 0.05) is 0 Å². The van der Waals surface area contributed by atoms with Gasteiger partial charge in [-0.25, -0.2) is 0 Å². The number of carbonyl (C=O) groups excluding carboxylic acids is 1. The Bertz CT molecular complexity index is 450. The second kappa shape index (κ2) is 5.12. The zero-order valence-electron chi connectivity index (χ0n) is 9.20. The van der Waals surface area contributed by atoms with Gasteiger partial charge in [-0.2, -0.15) is 57.1 Å². The van der Waals surface area contributed by atoms with E-state index in [0.29, 0.717) is 0 Å². The highest BCUT2D eigenvalue weighted by Crippen LogP contribution is 2.60. The van der Waals surface area contributed by atoms with E-state index in [1.165, 1.54) is 0 Å². The van der Waals surface area contributed by atoms with Crippen molar-refractivity contribution in [2.45, 2.75) is 35.8 Å². The average Bonchev–Trinajstić information content (AvgIpc) is 2.25. The van der Waals surface area contributed by atoms with Gasteiger partial charge in [0.15, 0.2) is 0 Å². The van der Waals surface area contributed by atoms with Crippen LogP contribution in [0.1, 0.15) is 0 Å². The third kappa shape index (κ3) is 2.54. The summed E-state index contributed by atoms with van der Waals surface area (Å²) < 4.78 is 157. The molecule has 0 bridgehead atoms. The first-order valence-electron chi connectivity index (χ1n) is 4.35. The predicted molar refractivity (Wildman–Crippen MR) is 44.7 cm³/mol. The van der Waals surface area contributed by atoms with Crippen LogP contribution in [-0.2, 0) is 4.79 Å². The highest BCUT2D eigenvalue weighted by molar-refractivity contribution is 9.18. The highest BCUT2D eigenvalue weighted by atomic mass is 79.9. The summed E-state index contributed by atoms with van der Waals surface area (Å²) in [5, 5.41) is 0. The van der Waals surface area contributed by atoms with E-state index in [-0.39, 0.29) is 0 Å². The summed E-state index contributed by atoms with van der Waals surface area (Å²) in [5.41, 5.74) is 0. The molecule has 0 N–H and O–H groups in total. The zero-order valence-corrected chi connectivity index (χ0v) is 10.8. The Labute approximate surface area is 119 Å². The number of hydrogen-bond acceptors (Lipinski definition) is 1. The molecular weight excluding hydrogens is 427 g/mol. The minimum absolute atomic E-state index is 1.02. The summed E-state index contributed by atoms with van der Waals surface area (Å²) in [4.78, 5) is 10.0. The molecule has 0 aromatic rings. The smallest absolute Gasteiger partial charge is 0.280 e. The summed E-state index contributed by atoms with van der Waals surface area (Å²) in [7, 11) is 0. The Balaban J connectivity index is 6.29. The summed E-state index contributed by atoms with van der Waals surface area (Å²) in [6.45, 7) is 0. The lowest BCUT2D eigenvalue weighted by Crippen LogP contribution is -2.70. The van der Waals surface area contributed by atoms with Crippen molar-refractivity contribution in [3.05, 3.63) is 0 Å². The van der Waals surface area contributed by atoms with Crippen LogP contribution in [-0.4, -0.2) is 40.5 Å². The molecule has 0 aliphatic carbocycles. The standard InChI is InChI=1S/C7BrF13O/c8-1(22)2(9,10)3(11,12)4(13,14)5(15,16)6(17,18)7(19,20)21. The van der Waals surface area contributed by atoms with Crippen molar-refractivity contribution < 1.29 is 61.9 Å².